The van der Waals surface area contributed by atoms with Crippen LogP contribution < -0.4 is 0 Å². The molecule has 1 aliphatic rings. The molecule has 0 heterocycles. The average molecular weight is 387 g/mol. The first-order valence-electron chi connectivity index (χ1n) is 10.5. The van der Waals surface area contributed by atoms with E-state index in [0.29, 0.717) is 12.2 Å². The fourth-order valence-corrected chi connectivity index (χ4v) is 5.90. The fourth-order valence-electron chi connectivity index (χ4n) is 5.73. The van der Waals surface area contributed by atoms with E-state index >= 15 is 0 Å². The molecule has 1 saturated carbocycles. The van der Waals surface area contributed by atoms with E-state index < -0.39 is 10.3 Å². The maximum atomic E-state index is 13.9. The Labute approximate surface area is 165 Å². The minimum Gasteiger partial charge on any atom is -0.469 e. The van der Waals surface area contributed by atoms with E-state index in [2.05, 4.69) is 34.6 Å². The van der Waals surface area contributed by atoms with Crippen molar-refractivity contribution in [3.8, 4) is 0 Å². The van der Waals surface area contributed by atoms with Crippen molar-refractivity contribution in [1.29, 1.82) is 0 Å². The lowest BCUT2D eigenvalue weighted by molar-refractivity contribution is -0.156. The van der Waals surface area contributed by atoms with Crippen LogP contribution in [0.5, 0.6) is 0 Å². The van der Waals surface area contributed by atoms with Gasteiger partial charge in [-0.3, -0.25) is 9.59 Å². The topological polar surface area (TPSA) is 43.4 Å². The largest absolute Gasteiger partial charge is 0.469 e. The van der Waals surface area contributed by atoms with E-state index in [-0.39, 0.29) is 23.2 Å². The molecule has 152 valence electrons. The zero-order valence-corrected chi connectivity index (χ0v) is 18.7. The third-order valence-electron chi connectivity index (χ3n) is 7.68. The van der Waals surface area contributed by atoms with Crippen molar-refractivity contribution in [2.75, 3.05) is 7.11 Å². The lowest BCUT2D eigenvalue weighted by Gasteiger charge is -2.47. The molecule has 0 radical (unpaired) electrons. The van der Waals surface area contributed by atoms with E-state index in [9.17, 15) is 9.59 Å². The number of rotatable bonds is 10. The first kappa shape index (κ1) is 23.5. The Bertz CT molecular complexity index is 500. The summed E-state index contributed by atoms with van der Waals surface area (Å²) in [5.74, 6) is -0.409. The Balaban J connectivity index is 3.60. The second-order valence-corrected chi connectivity index (χ2v) is 8.91. The predicted molar refractivity (Wildman–Crippen MR) is 108 cm³/mol. The number of esters is 1. The highest BCUT2D eigenvalue weighted by Crippen LogP contribution is 2.65. The Morgan fingerprint density at radius 1 is 1.23 bits per heavy atom. The molecule has 0 bridgehead atoms. The van der Waals surface area contributed by atoms with Crippen molar-refractivity contribution >= 4 is 23.4 Å². The number of carbonyl (C=O) groups excluding carboxylic acids is 2. The third kappa shape index (κ3) is 3.45. The number of methoxy groups -OCH3 is 1. The van der Waals surface area contributed by atoms with Crippen LogP contribution in [-0.4, -0.2) is 23.7 Å². The lowest BCUT2D eigenvalue weighted by atomic mass is 9.55. The summed E-state index contributed by atoms with van der Waals surface area (Å²) >= 11 is 6.99. The van der Waals surface area contributed by atoms with Gasteiger partial charge < -0.3 is 4.74 Å². The molecule has 0 aromatic carbocycles. The fraction of sp³-hybridized carbons (Fsp3) is 0.909. The van der Waals surface area contributed by atoms with Crippen LogP contribution in [0.3, 0.4) is 0 Å². The monoisotopic (exact) mass is 386 g/mol. The lowest BCUT2D eigenvalue weighted by Crippen LogP contribution is -2.48. The molecule has 0 N–H and O–H groups in total. The van der Waals surface area contributed by atoms with Crippen LogP contribution in [0.25, 0.3) is 0 Å². The SMILES string of the molecule is CCCCC1(CC)C(=O)C(C(Cl)(CC)CC)CC1(CC)C(C)C(=O)OC. The molecule has 1 aliphatic carbocycles. The molecule has 0 aromatic rings. The average Bonchev–Trinajstić information content (AvgIpc) is 2.94. The van der Waals surface area contributed by atoms with Gasteiger partial charge in [-0.05, 0) is 43.9 Å². The number of Topliss-reactive ketones (excluding diaryl/α,β-unsaturated/α-hetero) is 1. The molecule has 0 aliphatic heterocycles. The number of hydrogen-bond acceptors (Lipinski definition) is 3. The van der Waals surface area contributed by atoms with Crippen molar-refractivity contribution in [3.63, 3.8) is 0 Å². The van der Waals surface area contributed by atoms with Gasteiger partial charge in [-0.2, -0.15) is 0 Å². The Hall–Kier alpha value is -0.570. The van der Waals surface area contributed by atoms with Gasteiger partial charge in [0.1, 0.15) is 5.78 Å². The summed E-state index contributed by atoms with van der Waals surface area (Å²) < 4.78 is 5.12. The van der Waals surface area contributed by atoms with Crippen LogP contribution in [-0.2, 0) is 14.3 Å². The Morgan fingerprint density at radius 2 is 1.81 bits per heavy atom. The Morgan fingerprint density at radius 3 is 2.19 bits per heavy atom. The van der Waals surface area contributed by atoms with E-state index in [1.807, 2.05) is 6.92 Å². The summed E-state index contributed by atoms with van der Waals surface area (Å²) in [7, 11) is 1.44. The summed E-state index contributed by atoms with van der Waals surface area (Å²) in [4.78, 5) is 25.9. The van der Waals surface area contributed by atoms with Crippen LogP contribution in [0.2, 0.25) is 0 Å². The summed E-state index contributed by atoms with van der Waals surface area (Å²) in [6.45, 7) is 12.5. The highest BCUT2D eigenvalue weighted by molar-refractivity contribution is 6.26. The number of hydrogen-bond donors (Lipinski definition) is 0. The van der Waals surface area contributed by atoms with Crippen molar-refractivity contribution in [1.82, 2.24) is 0 Å². The minimum absolute atomic E-state index is 0.192. The molecule has 0 saturated heterocycles. The molecule has 1 fully saturated rings. The zero-order chi connectivity index (χ0) is 20.2. The third-order valence-corrected chi connectivity index (χ3v) is 8.48. The van der Waals surface area contributed by atoms with Gasteiger partial charge >= 0.3 is 5.97 Å². The maximum Gasteiger partial charge on any atom is 0.308 e. The molecule has 0 aromatic heterocycles. The number of alkyl halides is 1. The minimum atomic E-state index is -0.517. The molecular weight excluding hydrogens is 348 g/mol. The van der Waals surface area contributed by atoms with Crippen LogP contribution in [0, 0.1) is 22.7 Å². The van der Waals surface area contributed by atoms with E-state index in [4.69, 9.17) is 16.3 Å². The van der Waals surface area contributed by atoms with Crippen molar-refractivity contribution in [2.45, 2.75) is 97.8 Å². The smallest absolute Gasteiger partial charge is 0.308 e. The zero-order valence-electron chi connectivity index (χ0n) is 17.9. The van der Waals surface area contributed by atoms with Gasteiger partial charge in [-0.15, -0.1) is 11.6 Å². The molecule has 1 rings (SSSR count). The van der Waals surface area contributed by atoms with E-state index in [0.717, 1.165) is 44.9 Å². The van der Waals surface area contributed by atoms with Gasteiger partial charge in [0.25, 0.3) is 0 Å². The number of halogens is 1. The molecule has 3 nitrogen and oxygen atoms in total. The molecule has 4 heteroatoms. The molecular formula is C22H39ClO3. The van der Waals surface area contributed by atoms with Crippen molar-refractivity contribution in [3.05, 3.63) is 0 Å². The van der Waals surface area contributed by atoms with Crippen molar-refractivity contribution < 1.29 is 14.3 Å². The summed E-state index contributed by atoms with van der Waals surface area (Å²) in [6, 6.07) is 0. The van der Waals surface area contributed by atoms with E-state index in [1.165, 1.54) is 7.11 Å². The summed E-state index contributed by atoms with van der Waals surface area (Å²) in [6.07, 6.45) is 6.66. The molecule has 4 atom stereocenters. The predicted octanol–water partition coefficient (Wildman–Crippen LogP) is 6.17. The second kappa shape index (κ2) is 9.08. The highest BCUT2D eigenvalue weighted by atomic mass is 35.5. The van der Waals surface area contributed by atoms with E-state index in [1.54, 1.807) is 0 Å². The van der Waals surface area contributed by atoms with Gasteiger partial charge in [-0.1, -0.05) is 54.4 Å². The molecule has 26 heavy (non-hydrogen) atoms. The molecule has 0 spiro atoms. The van der Waals surface area contributed by atoms with Crippen molar-refractivity contribution in [2.24, 2.45) is 22.7 Å². The van der Waals surface area contributed by atoms with Gasteiger partial charge in [0, 0.05) is 11.3 Å². The summed E-state index contributed by atoms with van der Waals surface area (Å²) in [5, 5.41) is 0. The van der Waals surface area contributed by atoms with Crippen LogP contribution in [0.4, 0.5) is 0 Å². The van der Waals surface area contributed by atoms with Crippen LogP contribution in [0.15, 0.2) is 0 Å². The highest BCUT2D eigenvalue weighted by Gasteiger charge is 2.67. The molecule has 0 amide bonds. The van der Waals surface area contributed by atoms with Crippen LogP contribution >= 0.6 is 11.6 Å². The second-order valence-electron chi connectivity index (χ2n) is 8.16. The number of ether oxygens (including phenoxy) is 1. The maximum absolute atomic E-state index is 13.9. The van der Waals surface area contributed by atoms with Gasteiger partial charge in [-0.25, -0.2) is 0 Å². The summed E-state index contributed by atoms with van der Waals surface area (Å²) in [5.41, 5.74) is -0.864. The molecule has 4 unspecified atom stereocenters. The Kier molecular flexibility index (Phi) is 8.20. The number of ketones is 1. The standard InChI is InChI=1S/C22H39ClO3/c1-8-13-14-20(9-2)18(24)17(22(23,11-4)12-5)15-21(20,10-3)16(6)19(25)26-7/h16-17H,8-15H2,1-7H3. The number of carbonyl (C=O) groups is 2. The first-order chi connectivity index (χ1) is 12.2. The van der Waals surface area contributed by atoms with Gasteiger partial charge in [0.15, 0.2) is 0 Å². The van der Waals surface area contributed by atoms with Gasteiger partial charge in [0.2, 0.25) is 0 Å². The first-order valence-corrected chi connectivity index (χ1v) is 10.9. The number of unbranched alkanes of at least 4 members (excludes halogenated alkanes) is 1. The van der Waals surface area contributed by atoms with Gasteiger partial charge in [0.05, 0.1) is 17.9 Å². The van der Waals surface area contributed by atoms with Crippen LogP contribution in [0.1, 0.15) is 92.9 Å². The quantitative estimate of drug-likeness (QED) is 0.333. The normalized spacial score (nSPS) is 30.5.